The van der Waals surface area contributed by atoms with Crippen molar-refractivity contribution < 1.29 is 0 Å². The zero-order valence-corrected chi connectivity index (χ0v) is 17.9. The van der Waals surface area contributed by atoms with E-state index in [2.05, 4.69) is 24.0 Å². The summed E-state index contributed by atoms with van der Waals surface area (Å²) in [6.45, 7) is 2.69. The van der Waals surface area contributed by atoms with Crippen LogP contribution in [0, 0.1) is 0 Å². The van der Waals surface area contributed by atoms with Crippen LogP contribution in [0.5, 0.6) is 0 Å². The Bertz CT molecular complexity index is 1440. The Morgan fingerprint density at radius 1 is 1.00 bits per heavy atom. The van der Waals surface area contributed by atoms with Crippen LogP contribution < -0.4 is 5.56 Å². The lowest BCUT2D eigenvalue weighted by Gasteiger charge is -2.08. The summed E-state index contributed by atoms with van der Waals surface area (Å²) in [5.74, 6) is 0. The molecule has 0 N–H and O–H groups in total. The Kier molecular flexibility index (Phi) is 5.04. The third kappa shape index (κ3) is 3.51. The molecule has 0 fully saturated rings. The summed E-state index contributed by atoms with van der Waals surface area (Å²) in [6, 6.07) is 19.8. The molecule has 3 aromatic heterocycles. The van der Waals surface area contributed by atoms with Gasteiger partial charge in [-0.15, -0.1) is 0 Å². The molecule has 0 spiro atoms. The molecule has 0 aliphatic heterocycles. The first-order chi connectivity index (χ1) is 15.2. The van der Waals surface area contributed by atoms with Gasteiger partial charge in [0.15, 0.2) is 5.65 Å². The van der Waals surface area contributed by atoms with Crippen LogP contribution in [0.4, 0.5) is 0 Å². The minimum atomic E-state index is -0.0515. The van der Waals surface area contributed by atoms with Crippen molar-refractivity contribution in [3.8, 4) is 11.1 Å². The lowest BCUT2D eigenvalue weighted by molar-refractivity contribution is 0.674. The Morgan fingerprint density at radius 2 is 1.77 bits per heavy atom. The highest BCUT2D eigenvalue weighted by Crippen LogP contribution is 2.30. The molecule has 6 heteroatoms. The predicted octanol–water partition coefficient (Wildman–Crippen LogP) is 5.17. The van der Waals surface area contributed by atoms with Crippen molar-refractivity contribution in [1.29, 1.82) is 0 Å². The molecule has 0 radical (unpaired) electrons. The summed E-state index contributed by atoms with van der Waals surface area (Å²) >= 11 is 6.07. The van der Waals surface area contributed by atoms with Crippen LogP contribution in [-0.2, 0) is 19.4 Å². The number of fused-ring (bicyclic) bond motifs is 3. The van der Waals surface area contributed by atoms with Gasteiger partial charge in [-0.3, -0.25) is 4.79 Å². The highest BCUT2D eigenvalue weighted by atomic mass is 35.5. The van der Waals surface area contributed by atoms with E-state index in [1.54, 1.807) is 15.3 Å². The first kappa shape index (κ1) is 19.5. The largest absolute Gasteiger partial charge is 0.314 e. The van der Waals surface area contributed by atoms with Crippen LogP contribution in [-0.4, -0.2) is 19.2 Å². The van der Waals surface area contributed by atoms with Crippen molar-refractivity contribution in [2.75, 3.05) is 0 Å². The topological polar surface area (TPSA) is 52.2 Å². The smallest absolute Gasteiger partial charge is 0.261 e. The van der Waals surface area contributed by atoms with E-state index in [9.17, 15) is 4.79 Å². The van der Waals surface area contributed by atoms with Gasteiger partial charge in [-0.25, -0.2) is 9.50 Å². The molecule has 5 rings (SSSR count). The normalized spacial score (nSPS) is 11.4. The summed E-state index contributed by atoms with van der Waals surface area (Å²) in [5, 5.41) is 6.05. The molecule has 31 heavy (non-hydrogen) atoms. The first-order valence-electron chi connectivity index (χ1n) is 10.4. The van der Waals surface area contributed by atoms with Crippen LogP contribution in [0.3, 0.4) is 0 Å². The maximum Gasteiger partial charge on any atom is 0.261 e. The van der Waals surface area contributed by atoms with Crippen LogP contribution in [0.25, 0.3) is 27.7 Å². The fourth-order valence-corrected chi connectivity index (χ4v) is 4.11. The standard InChI is InChI=1S/C25H21ClN4O/c1-2-21-23(18-8-10-19(26)11-9-18)24-27-16-20-22(30(24)28-21)13-15-29(25(20)31)14-12-17-6-4-3-5-7-17/h3-11,13,15-16H,2,12,14H2,1H3. The van der Waals surface area contributed by atoms with Gasteiger partial charge in [0.25, 0.3) is 5.56 Å². The average molecular weight is 429 g/mol. The zero-order chi connectivity index (χ0) is 21.4. The number of rotatable bonds is 5. The number of aromatic nitrogens is 4. The van der Waals surface area contributed by atoms with Crippen LogP contribution >= 0.6 is 11.6 Å². The second kappa shape index (κ2) is 8.00. The predicted molar refractivity (Wildman–Crippen MR) is 125 cm³/mol. The van der Waals surface area contributed by atoms with Gasteiger partial charge in [-0.05, 0) is 42.2 Å². The molecule has 0 bridgehead atoms. The van der Waals surface area contributed by atoms with Gasteiger partial charge in [-0.1, -0.05) is 61.0 Å². The SMILES string of the molecule is CCc1nn2c(ncc3c(=O)n(CCc4ccccc4)ccc32)c1-c1ccc(Cl)cc1. The Morgan fingerprint density at radius 3 is 2.52 bits per heavy atom. The Balaban J connectivity index is 1.61. The van der Waals surface area contributed by atoms with E-state index in [0.29, 0.717) is 17.0 Å². The van der Waals surface area contributed by atoms with Crippen molar-refractivity contribution in [3.05, 3.63) is 99.7 Å². The molecule has 0 aliphatic rings. The van der Waals surface area contributed by atoms with E-state index >= 15 is 0 Å². The quantitative estimate of drug-likeness (QED) is 0.388. The van der Waals surface area contributed by atoms with Crippen LogP contribution in [0.15, 0.2) is 77.9 Å². The van der Waals surface area contributed by atoms with Gasteiger partial charge in [0.05, 0.1) is 16.6 Å². The monoisotopic (exact) mass is 428 g/mol. The van der Waals surface area contributed by atoms with Gasteiger partial charge >= 0.3 is 0 Å². The highest BCUT2D eigenvalue weighted by Gasteiger charge is 2.17. The Hall–Kier alpha value is -3.44. The maximum absolute atomic E-state index is 13.1. The fourth-order valence-electron chi connectivity index (χ4n) is 3.98. The molecule has 0 atom stereocenters. The number of hydrogen-bond acceptors (Lipinski definition) is 3. The number of benzene rings is 2. The third-order valence-electron chi connectivity index (χ3n) is 5.61. The van der Waals surface area contributed by atoms with Crippen LogP contribution in [0.2, 0.25) is 5.02 Å². The molecule has 154 valence electrons. The van der Waals surface area contributed by atoms with Crippen molar-refractivity contribution in [2.45, 2.75) is 26.3 Å². The van der Waals surface area contributed by atoms with Gasteiger partial charge in [0.2, 0.25) is 0 Å². The number of aryl methyl sites for hydroxylation is 3. The fraction of sp³-hybridized carbons (Fsp3) is 0.160. The number of nitrogens with zero attached hydrogens (tertiary/aromatic N) is 4. The lowest BCUT2D eigenvalue weighted by Crippen LogP contribution is -2.21. The highest BCUT2D eigenvalue weighted by molar-refractivity contribution is 6.30. The van der Waals surface area contributed by atoms with E-state index in [1.165, 1.54) is 5.56 Å². The van der Waals surface area contributed by atoms with Gasteiger partial charge in [0, 0.05) is 29.5 Å². The van der Waals surface area contributed by atoms with Crippen molar-refractivity contribution in [3.63, 3.8) is 0 Å². The number of halogens is 1. The molecule has 2 aromatic carbocycles. The van der Waals surface area contributed by atoms with Crippen LogP contribution in [0.1, 0.15) is 18.2 Å². The van der Waals surface area contributed by atoms with Crippen molar-refractivity contribution in [1.82, 2.24) is 19.2 Å². The summed E-state index contributed by atoms with van der Waals surface area (Å²) in [6.07, 6.45) is 5.08. The zero-order valence-electron chi connectivity index (χ0n) is 17.1. The molecule has 5 aromatic rings. The van der Waals surface area contributed by atoms with Gasteiger partial charge in [0.1, 0.15) is 0 Å². The van der Waals surface area contributed by atoms with Crippen molar-refractivity contribution in [2.24, 2.45) is 0 Å². The van der Waals surface area contributed by atoms with E-state index in [1.807, 2.05) is 54.7 Å². The first-order valence-corrected chi connectivity index (χ1v) is 10.7. The molecule has 5 nitrogen and oxygen atoms in total. The lowest BCUT2D eigenvalue weighted by atomic mass is 10.0. The van der Waals surface area contributed by atoms with Gasteiger partial charge in [-0.2, -0.15) is 5.10 Å². The maximum atomic E-state index is 13.1. The molecule has 0 saturated heterocycles. The van der Waals surface area contributed by atoms with Crippen molar-refractivity contribution >= 4 is 28.2 Å². The molecule has 0 aliphatic carbocycles. The van der Waals surface area contributed by atoms with E-state index in [0.717, 1.165) is 40.8 Å². The van der Waals surface area contributed by atoms with Gasteiger partial charge < -0.3 is 4.57 Å². The minimum Gasteiger partial charge on any atom is -0.314 e. The second-order valence-electron chi connectivity index (χ2n) is 7.52. The summed E-state index contributed by atoms with van der Waals surface area (Å²) < 4.78 is 3.54. The number of pyridine rings is 1. The summed E-state index contributed by atoms with van der Waals surface area (Å²) in [4.78, 5) is 17.8. The Labute approximate surface area is 184 Å². The third-order valence-corrected chi connectivity index (χ3v) is 5.86. The second-order valence-corrected chi connectivity index (χ2v) is 7.96. The molecule has 0 unspecified atom stereocenters. The van der Waals surface area contributed by atoms with E-state index < -0.39 is 0 Å². The number of hydrogen-bond donors (Lipinski definition) is 0. The van der Waals surface area contributed by atoms with E-state index in [-0.39, 0.29) is 5.56 Å². The molecular weight excluding hydrogens is 408 g/mol. The van der Waals surface area contributed by atoms with E-state index in [4.69, 9.17) is 16.7 Å². The summed E-state index contributed by atoms with van der Waals surface area (Å²) in [7, 11) is 0. The molecular formula is C25H21ClN4O. The minimum absolute atomic E-state index is 0.0515. The average Bonchev–Trinajstić information content (AvgIpc) is 3.19. The molecule has 3 heterocycles. The summed E-state index contributed by atoms with van der Waals surface area (Å²) in [5.41, 5.74) is 5.60. The molecule has 0 saturated carbocycles. The molecule has 0 amide bonds.